The monoisotopic (exact) mass is 228 g/mol. The molecule has 1 N–H and O–H groups in total. The van der Waals surface area contributed by atoms with Gasteiger partial charge in [-0.1, -0.05) is 0 Å². The van der Waals surface area contributed by atoms with E-state index in [1.165, 1.54) is 0 Å². The standard InChI is InChI=1S/C10H16N2O2S/c1-7(9-6-15-8(2)11-9)12(3)5-4-10(13)14/h6-7H,4-5H2,1-3H3,(H,13,14). The van der Waals surface area contributed by atoms with Gasteiger partial charge in [0.05, 0.1) is 17.1 Å². The summed E-state index contributed by atoms with van der Waals surface area (Å²) in [4.78, 5) is 16.8. The van der Waals surface area contributed by atoms with Crippen LogP contribution in [0.3, 0.4) is 0 Å². The molecule has 1 aromatic rings. The van der Waals surface area contributed by atoms with Crippen molar-refractivity contribution >= 4 is 17.3 Å². The highest BCUT2D eigenvalue weighted by Crippen LogP contribution is 2.20. The minimum absolute atomic E-state index is 0.171. The van der Waals surface area contributed by atoms with E-state index in [4.69, 9.17) is 5.11 Å². The molecule has 1 atom stereocenters. The number of aryl methyl sites for hydroxylation is 1. The summed E-state index contributed by atoms with van der Waals surface area (Å²) in [5, 5.41) is 11.6. The van der Waals surface area contributed by atoms with Crippen LogP contribution in [-0.4, -0.2) is 34.6 Å². The van der Waals surface area contributed by atoms with Gasteiger partial charge in [-0.15, -0.1) is 11.3 Å². The van der Waals surface area contributed by atoms with Crippen molar-refractivity contribution in [2.75, 3.05) is 13.6 Å². The van der Waals surface area contributed by atoms with E-state index in [1.807, 2.05) is 31.2 Å². The first-order valence-electron chi connectivity index (χ1n) is 4.84. The number of aromatic nitrogens is 1. The van der Waals surface area contributed by atoms with E-state index >= 15 is 0 Å². The normalized spacial score (nSPS) is 13.1. The highest BCUT2D eigenvalue weighted by Gasteiger charge is 2.14. The van der Waals surface area contributed by atoms with E-state index in [1.54, 1.807) is 11.3 Å². The summed E-state index contributed by atoms with van der Waals surface area (Å²) in [6.45, 7) is 4.56. The van der Waals surface area contributed by atoms with Crippen molar-refractivity contribution < 1.29 is 9.90 Å². The maximum Gasteiger partial charge on any atom is 0.304 e. The number of carbonyl (C=O) groups is 1. The van der Waals surface area contributed by atoms with Gasteiger partial charge in [-0.25, -0.2) is 4.98 Å². The summed E-state index contributed by atoms with van der Waals surface area (Å²) in [6, 6.07) is 0.175. The molecule has 0 fully saturated rings. The fraction of sp³-hybridized carbons (Fsp3) is 0.600. The molecule has 1 unspecified atom stereocenters. The lowest BCUT2D eigenvalue weighted by Gasteiger charge is -2.22. The average Bonchev–Trinajstić information content (AvgIpc) is 2.60. The van der Waals surface area contributed by atoms with E-state index in [0.717, 1.165) is 10.7 Å². The maximum atomic E-state index is 10.4. The van der Waals surface area contributed by atoms with Gasteiger partial charge in [0, 0.05) is 18.0 Å². The Hall–Kier alpha value is -0.940. The predicted molar refractivity (Wildman–Crippen MR) is 60.1 cm³/mol. The molecule has 0 radical (unpaired) electrons. The molecule has 1 rings (SSSR count). The van der Waals surface area contributed by atoms with Crippen molar-refractivity contribution in [2.24, 2.45) is 0 Å². The zero-order valence-electron chi connectivity index (χ0n) is 9.23. The Bertz CT molecular complexity index is 338. The summed E-state index contributed by atoms with van der Waals surface area (Å²) < 4.78 is 0. The lowest BCUT2D eigenvalue weighted by Crippen LogP contribution is -2.25. The molecular weight excluding hydrogens is 212 g/mol. The second-order valence-electron chi connectivity index (χ2n) is 3.59. The van der Waals surface area contributed by atoms with Gasteiger partial charge in [-0.2, -0.15) is 0 Å². The topological polar surface area (TPSA) is 53.4 Å². The number of carboxylic acid groups (broad SMARTS) is 1. The molecule has 1 aromatic heterocycles. The van der Waals surface area contributed by atoms with E-state index in [2.05, 4.69) is 4.98 Å². The van der Waals surface area contributed by atoms with E-state index < -0.39 is 5.97 Å². The Morgan fingerprint density at radius 2 is 2.40 bits per heavy atom. The molecule has 4 nitrogen and oxygen atoms in total. The summed E-state index contributed by atoms with van der Waals surface area (Å²) in [5.74, 6) is -0.761. The van der Waals surface area contributed by atoms with Gasteiger partial charge in [-0.05, 0) is 20.9 Å². The van der Waals surface area contributed by atoms with E-state index in [-0.39, 0.29) is 12.5 Å². The van der Waals surface area contributed by atoms with Crippen molar-refractivity contribution in [1.29, 1.82) is 0 Å². The Balaban J connectivity index is 2.52. The molecule has 0 saturated heterocycles. The van der Waals surface area contributed by atoms with Gasteiger partial charge in [0.1, 0.15) is 0 Å². The van der Waals surface area contributed by atoms with Crippen molar-refractivity contribution in [3.8, 4) is 0 Å². The molecule has 0 aliphatic rings. The van der Waals surface area contributed by atoms with Gasteiger partial charge >= 0.3 is 5.97 Å². The third-order valence-electron chi connectivity index (χ3n) is 2.40. The molecule has 0 aliphatic heterocycles. The van der Waals surface area contributed by atoms with Crippen LogP contribution in [0.15, 0.2) is 5.38 Å². The van der Waals surface area contributed by atoms with Gasteiger partial charge < -0.3 is 5.11 Å². The van der Waals surface area contributed by atoms with Crippen LogP contribution in [0.5, 0.6) is 0 Å². The van der Waals surface area contributed by atoms with Gasteiger partial charge in [0.25, 0.3) is 0 Å². The van der Waals surface area contributed by atoms with Crippen LogP contribution >= 0.6 is 11.3 Å². The molecule has 0 aliphatic carbocycles. The number of thiazole rings is 1. The molecule has 84 valence electrons. The maximum absolute atomic E-state index is 10.4. The Morgan fingerprint density at radius 3 is 2.87 bits per heavy atom. The minimum atomic E-state index is -0.761. The molecule has 0 saturated carbocycles. The Kier molecular flexibility index (Phi) is 4.23. The molecule has 0 amide bonds. The summed E-state index contributed by atoms with van der Waals surface area (Å²) in [7, 11) is 1.92. The predicted octanol–water partition coefficient (Wildman–Crippen LogP) is 1.92. The van der Waals surface area contributed by atoms with E-state index in [0.29, 0.717) is 6.54 Å². The zero-order chi connectivity index (χ0) is 11.4. The SMILES string of the molecule is Cc1nc(C(C)N(C)CCC(=O)O)cs1. The van der Waals surface area contributed by atoms with Gasteiger partial charge in [0.2, 0.25) is 0 Å². The van der Waals surface area contributed by atoms with Gasteiger partial charge in [0.15, 0.2) is 0 Å². The van der Waals surface area contributed by atoms with Crippen LogP contribution in [-0.2, 0) is 4.79 Å². The first-order chi connectivity index (χ1) is 7.00. The van der Waals surface area contributed by atoms with Crippen molar-refractivity contribution in [1.82, 2.24) is 9.88 Å². The van der Waals surface area contributed by atoms with E-state index in [9.17, 15) is 4.79 Å². The third kappa shape index (κ3) is 3.60. The Labute approximate surface area is 93.6 Å². The summed E-state index contributed by atoms with van der Waals surface area (Å²) >= 11 is 1.62. The largest absolute Gasteiger partial charge is 0.481 e. The smallest absolute Gasteiger partial charge is 0.304 e. The van der Waals surface area contributed by atoms with Crippen LogP contribution in [0.25, 0.3) is 0 Å². The van der Waals surface area contributed by atoms with Crippen LogP contribution < -0.4 is 0 Å². The van der Waals surface area contributed by atoms with Crippen LogP contribution in [0, 0.1) is 6.92 Å². The number of aliphatic carboxylic acids is 1. The quantitative estimate of drug-likeness (QED) is 0.836. The fourth-order valence-corrected chi connectivity index (χ4v) is 1.96. The Morgan fingerprint density at radius 1 is 1.73 bits per heavy atom. The molecule has 0 spiro atoms. The fourth-order valence-electron chi connectivity index (χ4n) is 1.26. The first kappa shape index (κ1) is 12.1. The van der Waals surface area contributed by atoms with Crippen LogP contribution in [0.4, 0.5) is 0 Å². The number of hydrogen-bond donors (Lipinski definition) is 1. The molecule has 1 heterocycles. The third-order valence-corrected chi connectivity index (χ3v) is 3.20. The highest BCUT2D eigenvalue weighted by molar-refractivity contribution is 7.09. The molecular formula is C10H16N2O2S. The van der Waals surface area contributed by atoms with Crippen LogP contribution in [0.2, 0.25) is 0 Å². The summed E-state index contributed by atoms with van der Waals surface area (Å²) in [6.07, 6.45) is 0.171. The number of hydrogen-bond acceptors (Lipinski definition) is 4. The number of nitrogens with zero attached hydrogens (tertiary/aromatic N) is 2. The van der Waals surface area contributed by atoms with Crippen LogP contribution in [0.1, 0.15) is 30.1 Å². The number of rotatable bonds is 5. The molecule has 5 heteroatoms. The average molecular weight is 228 g/mol. The van der Waals surface area contributed by atoms with Crippen molar-refractivity contribution in [3.05, 3.63) is 16.1 Å². The highest BCUT2D eigenvalue weighted by atomic mass is 32.1. The number of carboxylic acids is 1. The first-order valence-corrected chi connectivity index (χ1v) is 5.72. The second kappa shape index (κ2) is 5.23. The molecule has 15 heavy (non-hydrogen) atoms. The lowest BCUT2D eigenvalue weighted by atomic mass is 10.2. The van der Waals surface area contributed by atoms with Crippen molar-refractivity contribution in [2.45, 2.75) is 26.3 Å². The zero-order valence-corrected chi connectivity index (χ0v) is 10.0. The lowest BCUT2D eigenvalue weighted by molar-refractivity contribution is -0.137. The second-order valence-corrected chi connectivity index (χ2v) is 4.65. The minimum Gasteiger partial charge on any atom is -0.481 e. The molecule has 0 aromatic carbocycles. The van der Waals surface area contributed by atoms with Gasteiger partial charge in [-0.3, -0.25) is 9.69 Å². The van der Waals surface area contributed by atoms with Crippen molar-refractivity contribution in [3.63, 3.8) is 0 Å². The molecule has 0 bridgehead atoms. The summed E-state index contributed by atoms with van der Waals surface area (Å²) in [5.41, 5.74) is 1.02.